The Bertz CT molecular complexity index is 846. The number of para-hydroxylation sites is 1. The number of oxime groups is 2. The smallest absolute Gasteiger partial charge is 0.354 e. The molecule has 0 aromatic heterocycles. The molecule has 0 aliphatic rings. The fourth-order valence-electron chi connectivity index (χ4n) is 2.54. The molecule has 0 saturated heterocycles. The number of aliphatic carboxylic acids is 1. The number of ether oxygens (including phenoxy) is 1. The summed E-state index contributed by atoms with van der Waals surface area (Å²) in [7, 11) is 2.81. The van der Waals surface area contributed by atoms with Crippen LogP contribution in [-0.4, -0.2) is 36.7 Å². The quantitative estimate of drug-likeness (QED) is 0.540. The zero-order chi connectivity index (χ0) is 19.6. The van der Waals surface area contributed by atoms with Gasteiger partial charge in [0.1, 0.15) is 26.6 Å². The number of carboxylic acid groups (broad SMARTS) is 1. The molecule has 0 amide bonds. The van der Waals surface area contributed by atoms with Gasteiger partial charge in [-0.25, -0.2) is 4.79 Å². The molecule has 0 unspecified atom stereocenters. The molecule has 7 heteroatoms. The van der Waals surface area contributed by atoms with Crippen molar-refractivity contribution in [1.82, 2.24) is 0 Å². The summed E-state index contributed by atoms with van der Waals surface area (Å²) in [6.07, 6.45) is 0.133. The van der Waals surface area contributed by atoms with Crippen molar-refractivity contribution in [3.63, 3.8) is 0 Å². The van der Waals surface area contributed by atoms with Gasteiger partial charge in [0, 0.05) is 12.0 Å². The Morgan fingerprint density at radius 3 is 2.26 bits per heavy atom. The minimum Gasteiger partial charge on any atom is -0.488 e. The van der Waals surface area contributed by atoms with Crippen LogP contribution in [0.5, 0.6) is 5.75 Å². The van der Waals surface area contributed by atoms with Crippen LogP contribution in [0.25, 0.3) is 0 Å². The molecule has 7 nitrogen and oxygen atoms in total. The van der Waals surface area contributed by atoms with Gasteiger partial charge in [0.05, 0.1) is 5.71 Å². The molecule has 0 atom stereocenters. The van der Waals surface area contributed by atoms with Crippen LogP contribution in [-0.2, 0) is 27.5 Å². The van der Waals surface area contributed by atoms with E-state index in [1.54, 1.807) is 0 Å². The summed E-state index contributed by atoms with van der Waals surface area (Å²) in [6, 6.07) is 15.0. The van der Waals surface area contributed by atoms with E-state index in [1.165, 1.54) is 14.2 Å². The lowest BCUT2D eigenvalue weighted by Gasteiger charge is -2.13. The van der Waals surface area contributed by atoms with Crippen molar-refractivity contribution in [2.45, 2.75) is 20.0 Å². The molecule has 0 aliphatic carbocycles. The molecule has 1 N–H and O–H groups in total. The normalized spacial score (nSPS) is 11.8. The van der Waals surface area contributed by atoms with Gasteiger partial charge in [-0.2, -0.15) is 0 Å². The molecule has 142 valence electrons. The van der Waals surface area contributed by atoms with Crippen LogP contribution in [0.4, 0.5) is 0 Å². The standard InChI is InChI=1S/C20H22N2O5/c1-14(21-25-2)17-10-6-7-11-19(17)27-13-16-9-5-4-8-15(16)12-18(20(23)24)22-26-3/h4-11H,12-13H2,1-3H3,(H,23,24)/b21-14+,22-18+. The number of carboxylic acids is 1. The van der Waals surface area contributed by atoms with Crippen LogP contribution in [0, 0.1) is 0 Å². The van der Waals surface area contributed by atoms with Crippen LogP contribution >= 0.6 is 0 Å². The zero-order valence-corrected chi connectivity index (χ0v) is 15.5. The van der Waals surface area contributed by atoms with Crippen molar-refractivity contribution < 1.29 is 24.3 Å². The summed E-state index contributed by atoms with van der Waals surface area (Å²) in [6.45, 7) is 2.10. The fraction of sp³-hybridized carbons (Fsp3) is 0.250. The zero-order valence-electron chi connectivity index (χ0n) is 15.5. The molecule has 0 spiro atoms. The van der Waals surface area contributed by atoms with E-state index in [9.17, 15) is 9.90 Å². The third-order valence-corrected chi connectivity index (χ3v) is 3.81. The topological polar surface area (TPSA) is 89.7 Å². The molecular weight excluding hydrogens is 348 g/mol. The lowest BCUT2D eigenvalue weighted by atomic mass is 10.0. The molecular formula is C20H22N2O5. The number of carbonyl (C=O) groups is 1. The lowest BCUT2D eigenvalue weighted by Crippen LogP contribution is -2.17. The van der Waals surface area contributed by atoms with E-state index in [4.69, 9.17) is 9.57 Å². The average Bonchev–Trinajstić information content (AvgIpc) is 2.67. The van der Waals surface area contributed by atoms with Crippen LogP contribution in [0.3, 0.4) is 0 Å². The second-order valence-corrected chi connectivity index (χ2v) is 5.62. The molecule has 2 rings (SSSR count). The molecule has 0 heterocycles. The first kappa shape index (κ1) is 20.0. The molecule has 27 heavy (non-hydrogen) atoms. The summed E-state index contributed by atoms with van der Waals surface area (Å²) in [4.78, 5) is 20.8. The van der Waals surface area contributed by atoms with Gasteiger partial charge in [-0.3, -0.25) is 0 Å². The van der Waals surface area contributed by atoms with Crippen molar-refractivity contribution in [2.24, 2.45) is 10.3 Å². The highest BCUT2D eigenvalue weighted by molar-refractivity contribution is 6.35. The maximum atomic E-state index is 11.3. The number of hydrogen-bond acceptors (Lipinski definition) is 6. The monoisotopic (exact) mass is 370 g/mol. The van der Waals surface area contributed by atoms with Crippen LogP contribution in [0.1, 0.15) is 23.6 Å². The maximum absolute atomic E-state index is 11.3. The molecule has 0 bridgehead atoms. The van der Waals surface area contributed by atoms with Crippen molar-refractivity contribution >= 4 is 17.4 Å². The summed E-state index contributed by atoms with van der Waals surface area (Å²) in [5.74, 6) is -0.459. The van der Waals surface area contributed by atoms with Crippen LogP contribution in [0.15, 0.2) is 58.8 Å². The van der Waals surface area contributed by atoms with Crippen LogP contribution < -0.4 is 4.74 Å². The van der Waals surface area contributed by atoms with Gasteiger partial charge in [0.25, 0.3) is 0 Å². The van der Waals surface area contributed by atoms with Crippen molar-refractivity contribution in [3.05, 3.63) is 65.2 Å². The Balaban J connectivity index is 2.22. The van der Waals surface area contributed by atoms with E-state index in [-0.39, 0.29) is 18.7 Å². The molecule has 2 aromatic rings. The van der Waals surface area contributed by atoms with Gasteiger partial charge >= 0.3 is 5.97 Å². The van der Waals surface area contributed by atoms with Gasteiger partial charge in [0.2, 0.25) is 0 Å². The van der Waals surface area contributed by atoms with Crippen LogP contribution in [0.2, 0.25) is 0 Å². The predicted octanol–water partition coefficient (Wildman–Crippen LogP) is 3.27. The summed E-state index contributed by atoms with van der Waals surface area (Å²) < 4.78 is 5.98. The molecule has 0 radical (unpaired) electrons. The number of rotatable bonds is 9. The number of benzene rings is 2. The molecule has 0 saturated carbocycles. The first-order valence-electron chi connectivity index (χ1n) is 8.26. The van der Waals surface area contributed by atoms with E-state index >= 15 is 0 Å². The Kier molecular flexibility index (Phi) is 7.37. The highest BCUT2D eigenvalue weighted by Gasteiger charge is 2.15. The number of hydrogen-bond donors (Lipinski definition) is 1. The molecule has 0 aliphatic heterocycles. The first-order valence-corrected chi connectivity index (χ1v) is 8.26. The number of nitrogens with zero attached hydrogens (tertiary/aromatic N) is 2. The second-order valence-electron chi connectivity index (χ2n) is 5.62. The Hall–Kier alpha value is -3.35. The second kappa shape index (κ2) is 9.96. The van der Waals surface area contributed by atoms with E-state index in [0.29, 0.717) is 11.5 Å². The maximum Gasteiger partial charge on any atom is 0.354 e. The van der Waals surface area contributed by atoms with Gasteiger partial charge in [-0.15, -0.1) is 0 Å². The van der Waals surface area contributed by atoms with Crippen molar-refractivity contribution in [2.75, 3.05) is 14.2 Å². The summed E-state index contributed by atoms with van der Waals surface area (Å²) in [5.41, 5.74) is 3.10. The van der Waals surface area contributed by atoms with E-state index in [1.807, 2.05) is 55.5 Å². The van der Waals surface area contributed by atoms with Crippen molar-refractivity contribution in [3.8, 4) is 5.75 Å². The van der Waals surface area contributed by atoms with Crippen molar-refractivity contribution in [1.29, 1.82) is 0 Å². The van der Waals surface area contributed by atoms with E-state index in [0.717, 1.165) is 16.7 Å². The fourth-order valence-corrected chi connectivity index (χ4v) is 2.54. The lowest BCUT2D eigenvalue weighted by molar-refractivity contribution is -0.129. The van der Waals surface area contributed by atoms with E-state index < -0.39 is 5.97 Å². The van der Waals surface area contributed by atoms with Gasteiger partial charge in [-0.05, 0) is 30.2 Å². The third-order valence-electron chi connectivity index (χ3n) is 3.81. The first-order chi connectivity index (χ1) is 13.1. The highest BCUT2D eigenvalue weighted by Crippen LogP contribution is 2.21. The van der Waals surface area contributed by atoms with E-state index in [2.05, 4.69) is 15.1 Å². The molecule has 0 fully saturated rings. The van der Waals surface area contributed by atoms with Gasteiger partial charge < -0.3 is 19.5 Å². The largest absolute Gasteiger partial charge is 0.488 e. The SMILES string of the molecule is CO/N=C(\Cc1ccccc1COc1ccccc1/C(C)=N/OC)C(=O)O. The minimum absolute atomic E-state index is 0.0755. The molecule has 2 aromatic carbocycles. The van der Waals surface area contributed by atoms with Gasteiger partial charge in [-0.1, -0.05) is 46.7 Å². The average molecular weight is 370 g/mol. The predicted molar refractivity (Wildman–Crippen MR) is 102 cm³/mol. The Morgan fingerprint density at radius 2 is 1.59 bits per heavy atom. The summed E-state index contributed by atoms with van der Waals surface area (Å²) in [5, 5.41) is 16.8. The summed E-state index contributed by atoms with van der Waals surface area (Å²) >= 11 is 0. The van der Waals surface area contributed by atoms with Gasteiger partial charge in [0.15, 0.2) is 5.71 Å². The Morgan fingerprint density at radius 1 is 0.963 bits per heavy atom. The minimum atomic E-state index is -1.12. The third kappa shape index (κ3) is 5.57. The Labute approximate surface area is 157 Å². The highest BCUT2D eigenvalue weighted by atomic mass is 16.6.